The number of anilines is 1. The van der Waals surface area contributed by atoms with Crippen LogP contribution in [0.3, 0.4) is 0 Å². The monoisotopic (exact) mass is 583 g/mol. The first-order valence-corrected chi connectivity index (χ1v) is 13.8. The van der Waals surface area contributed by atoms with Crippen LogP contribution < -0.4 is 9.64 Å². The molecule has 10 nitrogen and oxygen atoms in total. The second-order valence-corrected chi connectivity index (χ2v) is 10.9. The van der Waals surface area contributed by atoms with Gasteiger partial charge in [0.1, 0.15) is 28.5 Å². The molecule has 2 saturated heterocycles. The Balaban J connectivity index is 1.30. The van der Waals surface area contributed by atoms with Crippen molar-refractivity contribution in [3.8, 4) is 6.01 Å². The molecule has 0 bridgehead atoms. The largest absolute Gasteiger partial charge is 0.459 e. The summed E-state index contributed by atoms with van der Waals surface area (Å²) in [6, 6.07) is 10.6. The highest BCUT2D eigenvalue weighted by Gasteiger charge is 2.41. The lowest BCUT2D eigenvalue weighted by atomic mass is 9.97. The van der Waals surface area contributed by atoms with Gasteiger partial charge in [-0.05, 0) is 30.7 Å². The number of nitrogens with zero attached hydrogens (tertiary/aromatic N) is 5. The van der Waals surface area contributed by atoms with Crippen LogP contribution >= 0.6 is 0 Å². The van der Waals surface area contributed by atoms with Gasteiger partial charge >= 0.3 is 0 Å². The van der Waals surface area contributed by atoms with Gasteiger partial charge in [-0.15, -0.1) is 0 Å². The number of furan rings is 1. The Morgan fingerprint density at radius 1 is 1.07 bits per heavy atom. The molecule has 0 aliphatic carbocycles. The molecule has 5 heterocycles. The number of para-hydroxylation sites is 2. The molecule has 2 aromatic carbocycles. The van der Waals surface area contributed by atoms with Crippen LogP contribution in [0.2, 0.25) is 0 Å². The molecule has 4 atom stereocenters. The second-order valence-electron chi connectivity index (χ2n) is 10.9. The summed E-state index contributed by atoms with van der Waals surface area (Å²) in [5.74, 6) is -1.07. The van der Waals surface area contributed by atoms with Gasteiger partial charge in [0.05, 0.1) is 24.7 Å². The number of alkyl halides is 2. The minimum atomic E-state index is -2.97. The zero-order valence-corrected chi connectivity index (χ0v) is 22.5. The van der Waals surface area contributed by atoms with E-state index >= 15 is 4.39 Å². The van der Waals surface area contributed by atoms with E-state index in [2.05, 4.69) is 15.0 Å². The molecular weight excluding hydrogens is 555 g/mol. The van der Waals surface area contributed by atoms with Crippen LogP contribution in [0.15, 0.2) is 46.9 Å². The lowest BCUT2D eigenvalue weighted by Crippen LogP contribution is -2.39. The topological polar surface area (TPSA) is 119 Å². The van der Waals surface area contributed by atoms with Gasteiger partial charge in [0, 0.05) is 30.4 Å². The summed E-state index contributed by atoms with van der Waals surface area (Å²) in [5, 5.41) is 21.2. The molecule has 13 heteroatoms. The van der Waals surface area contributed by atoms with Crippen LogP contribution in [0.5, 0.6) is 6.01 Å². The van der Waals surface area contributed by atoms with Gasteiger partial charge in [-0.3, -0.25) is 4.57 Å². The minimum Gasteiger partial charge on any atom is -0.459 e. The van der Waals surface area contributed by atoms with E-state index in [4.69, 9.17) is 13.9 Å². The Labute approximate surface area is 237 Å². The van der Waals surface area contributed by atoms with Gasteiger partial charge in [-0.2, -0.15) is 4.98 Å². The van der Waals surface area contributed by atoms with Crippen LogP contribution in [0.25, 0.3) is 33.1 Å². The summed E-state index contributed by atoms with van der Waals surface area (Å²) < 4.78 is 62.7. The quantitative estimate of drug-likeness (QED) is 0.273. The van der Waals surface area contributed by atoms with Crippen LogP contribution in [-0.4, -0.2) is 67.9 Å². The van der Waals surface area contributed by atoms with E-state index in [1.807, 2.05) is 6.92 Å². The van der Waals surface area contributed by atoms with Crippen molar-refractivity contribution in [2.24, 2.45) is 5.92 Å². The number of aliphatic hydroxyl groups is 2. The molecule has 3 aromatic heterocycles. The lowest BCUT2D eigenvalue weighted by Gasteiger charge is -2.31. The van der Waals surface area contributed by atoms with Gasteiger partial charge in [-0.1, -0.05) is 25.1 Å². The maximum Gasteiger partial charge on any atom is 0.298 e. The number of rotatable bonds is 6. The number of benzene rings is 2. The van der Waals surface area contributed by atoms with Crippen molar-refractivity contribution in [3.63, 3.8) is 0 Å². The minimum absolute atomic E-state index is 0.00768. The molecule has 2 fully saturated rings. The van der Waals surface area contributed by atoms with E-state index in [0.717, 1.165) is 0 Å². The molecule has 0 unspecified atom stereocenters. The number of halogens is 3. The Bertz CT molecular complexity index is 1780. The van der Waals surface area contributed by atoms with Crippen LogP contribution in [0.1, 0.15) is 38.1 Å². The fraction of sp³-hybridized carbons (Fsp3) is 0.414. The standard InChI is InChI=1S/C29H28F3N5O5/c1-14-13-40-10-9-19(14)37-23-17(30)6-4-7-18(23)33-29(37)41-15-11-20(28(38)39)36(12-15)27-24-22(34-26(35-27)25(31)32)16-5-2-3-8-21(16)42-24/h2-8,14-15,19-20,25,28,38-39H,9-13H2,1H3/t14-,15-,19-,20-/m0/s1. The summed E-state index contributed by atoms with van der Waals surface area (Å²) in [7, 11) is 0. The SMILES string of the molecule is C[C@H]1COCC[C@@H]1n1c(O[C@H]2C[C@@H](C(O)O)N(c3nc(C(F)F)nc4c3oc3ccccc34)C2)nc2cccc(F)c21. The predicted molar refractivity (Wildman–Crippen MR) is 146 cm³/mol. The zero-order chi connectivity index (χ0) is 29.1. The van der Waals surface area contributed by atoms with Gasteiger partial charge < -0.3 is 29.0 Å². The number of aliphatic hydroxyl groups excluding tert-OH is 1. The summed E-state index contributed by atoms with van der Waals surface area (Å²) >= 11 is 0. The van der Waals surface area contributed by atoms with Crippen molar-refractivity contribution < 1.29 is 37.3 Å². The van der Waals surface area contributed by atoms with Crippen molar-refractivity contribution in [1.82, 2.24) is 19.5 Å². The zero-order valence-electron chi connectivity index (χ0n) is 22.5. The molecule has 0 amide bonds. The maximum absolute atomic E-state index is 15.1. The molecule has 0 saturated carbocycles. The first-order valence-electron chi connectivity index (χ1n) is 13.8. The van der Waals surface area contributed by atoms with Crippen molar-refractivity contribution >= 4 is 38.9 Å². The summed E-state index contributed by atoms with van der Waals surface area (Å²) in [4.78, 5) is 14.3. The van der Waals surface area contributed by atoms with Crippen LogP contribution in [-0.2, 0) is 4.74 Å². The number of aromatic nitrogens is 4. The van der Waals surface area contributed by atoms with Crippen molar-refractivity contribution in [2.75, 3.05) is 24.7 Å². The summed E-state index contributed by atoms with van der Waals surface area (Å²) in [6.45, 7) is 3.07. The van der Waals surface area contributed by atoms with Gasteiger partial charge in [0.15, 0.2) is 23.5 Å². The van der Waals surface area contributed by atoms with Crippen LogP contribution in [0, 0.1) is 11.7 Å². The summed E-state index contributed by atoms with van der Waals surface area (Å²) in [5.41, 5.74) is 1.54. The highest BCUT2D eigenvalue weighted by atomic mass is 19.3. The molecule has 2 N–H and O–H groups in total. The highest BCUT2D eigenvalue weighted by Crippen LogP contribution is 2.40. The third kappa shape index (κ3) is 4.43. The number of fused-ring (bicyclic) bond motifs is 4. The Kier molecular flexibility index (Phi) is 6.67. The summed E-state index contributed by atoms with van der Waals surface area (Å²) in [6.07, 6.45) is -4.76. The molecule has 2 aliphatic heterocycles. The number of ether oxygens (including phenoxy) is 2. The third-order valence-corrected chi connectivity index (χ3v) is 8.16. The normalized spacial score (nSPS) is 23.3. The van der Waals surface area contributed by atoms with Gasteiger partial charge in [0.25, 0.3) is 12.4 Å². The second kappa shape index (κ2) is 10.4. The Morgan fingerprint density at radius 3 is 2.69 bits per heavy atom. The van der Waals surface area contributed by atoms with Crippen molar-refractivity contribution in [2.45, 2.75) is 50.7 Å². The molecule has 42 heavy (non-hydrogen) atoms. The predicted octanol–water partition coefficient (Wildman–Crippen LogP) is 4.74. The first kappa shape index (κ1) is 26.9. The Morgan fingerprint density at radius 2 is 1.90 bits per heavy atom. The fourth-order valence-electron chi connectivity index (χ4n) is 6.20. The van der Waals surface area contributed by atoms with E-state index in [0.29, 0.717) is 41.6 Å². The molecule has 220 valence electrons. The molecule has 0 radical (unpaired) electrons. The number of imidazole rings is 1. The fourth-order valence-corrected chi connectivity index (χ4v) is 6.20. The molecular formula is C29H28F3N5O5. The number of hydrogen-bond acceptors (Lipinski definition) is 9. The average Bonchev–Trinajstić information content (AvgIpc) is 3.67. The Hall–Kier alpha value is -3.94. The third-order valence-electron chi connectivity index (χ3n) is 8.16. The van der Waals surface area contributed by atoms with E-state index in [1.165, 1.54) is 11.0 Å². The van der Waals surface area contributed by atoms with E-state index < -0.39 is 36.5 Å². The van der Waals surface area contributed by atoms with E-state index in [1.54, 1.807) is 41.0 Å². The number of hydrogen-bond donors (Lipinski definition) is 2. The van der Waals surface area contributed by atoms with Crippen molar-refractivity contribution in [3.05, 3.63) is 54.1 Å². The molecule has 2 aliphatic rings. The van der Waals surface area contributed by atoms with E-state index in [9.17, 15) is 19.0 Å². The average molecular weight is 584 g/mol. The molecule has 7 rings (SSSR count). The maximum atomic E-state index is 15.1. The van der Waals surface area contributed by atoms with Gasteiger partial charge in [0.2, 0.25) is 0 Å². The smallest absolute Gasteiger partial charge is 0.298 e. The molecule has 0 spiro atoms. The van der Waals surface area contributed by atoms with E-state index in [-0.39, 0.29) is 47.9 Å². The molecule has 5 aromatic rings. The highest BCUT2D eigenvalue weighted by molar-refractivity contribution is 6.05. The van der Waals surface area contributed by atoms with Crippen molar-refractivity contribution in [1.29, 1.82) is 0 Å². The van der Waals surface area contributed by atoms with Crippen LogP contribution in [0.4, 0.5) is 19.0 Å². The van der Waals surface area contributed by atoms with Gasteiger partial charge in [-0.25, -0.2) is 23.1 Å². The lowest BCUT2D eigenvalue weighted by molar-refractivity contribution is -0.0588. The first-order chi connectivity index (χ1) is 20.3.